The van der Waals surface area contributed by atoms with E-state index < -0.39 is 10.0 Å². The Morgan fingerprint density at radius 1 is 1.03 bits per heavy atom. The van der Waals surface area contributed by atoms with Gasteiger partial charge in [-0.05, 0) is 73.0 Å². The van der Waals surface area contributed by atoms with Crippen molar-refractivity contribution >= 4 is 42.6 Å². The van der Waals surface area contributed by atoms with E-state index in [1.165, 1.54) is 56.9 Å². The third-order valence-corrected chi connectivity index (χ3v) is 8.66. The number of amides is 1. The molecule has 10 heteroatoms. The lowest BCUT2D eigenvalue weighted by Gasteiger charge is -2.20. The molecule has 34 heavy (non-hydrogen) atoms. The Bertz CT molecular complexity index is 1430. The van der Waals surface area contributed by atoms with E-state index in [0.717, 1.165) is 18.4 Å². The first-order valence-corrected chi connectivity index (χ1v) is 13.0. The van der Waals surface area contributed by atoms with Gasteiger partial charge in [0, 0.05) is 31.0 Å². The van der Waals surface area contributed by atoms with Crippen molar-refractivity contribution in [1.82, 2.24) is 14.3 Å². The number of carbonyl (C=O) groups is 1. The van der Waals surface area contributed by atoms with E-state index >= 15 is 0 Å². The number of pyridine rings is 1. The molecule has 1 saturated heterocycles. The minimum atomic E-state index is -3.57. The van der Waals surface area contributed by atoms with Crippen LogP contribution in [0.3, 0.4) is 0 Å². The predicted molar refractivity (Wildman–Crippen MR) is 129 cm³/mol. The summed E-state index contributed by atoms with van der Waals surface area (Å²) in [5.41, 5.74) is 1.78. The molecule has 2 aromatic carbocycles. The van der Waals surface area contributed by atoms with Gasteiger partial charge in [-0.3, -0.25) is 14.7 Å². The highest BCUT2D eigenvalue weighted by Crippen LogP contribution is 2.31. The van der Waals surface area contributed by atoms with Crippen molar-refractivity contribution in [3.8, 4) is 0 Å². The molecule has 4 aromatic rings. The fraction of sp³-hybridized carbons (Fsp3) is 0.208. The van der Waals surface area contributed by atoms with Gasteiger partial charge >= 0.3 is 0 Å². The second-order valence-corrected chi connectivity index (χ2v) is 10.9. The smallest absolute Gasteiger partial charge is 0.260 e. The fourth-order valence-electron chi connectivity index (χ4n) is 3.90. The quantitative estimate of drug-likeness (QED) is 0.394. The average molecular weight is 497 g/mol. The molecular weight excluding hydrogens is 475 g/mol. The first-order valence-electron chi connectivity index (χ1n) is 10.8. The number of halogens is 1. The van der Waals surface area contributed by atoms with Gasteiger partial charge in [-0.1, -0.05) is 11.3 Å². The van der Waals surface area contributed by atoms with E-state index in [0.29, 0.717) is 34.0 Å². The van der Waals surface area contributed by atoms with E-state index in [4.69, 9.17) is 0 Å². The van der Waals surface area contributed by atoms with E-state index in [1.807, 2.05) is 0 Å². The molecule has 5 rings (SSSR count). The van der Waals surface area contributed by atoms with Crippen LogP contribution in [0.15, 0.2) is 71.9 Å². The zero-order chi connectivity index (χ0) is 23.7. The number of carbonyl (C=O) groups excluding carboxylic acids is 1. The molecule has 1 aliphatic rings. The number of rotatable bonds is 6. The van der Waals surface area contributed by atoms with Crippen molar-refractivity contribution in [3.63, 3.8) is 0 Å². The van der Waals surface area contributed by atoms with Crippen LogP contribution in [0, 0.1) is 5.82 Å². The van der Waals surface area contributed by atoms with Gasteiger partial charge in [-0.15, -0.1) is 0 Å². The molecule has 0 bridgehead atoms. The molecule has 1 amide bonds. The number of sulfonamides is 1. The lowest BCUT2D eigenvalue weighted by molar-refractivity contribution is 0.0985. The minimum absolute atomic E-state index is 0.169. The van der Waals surface area contributed by atoms with Crippen LogP contribution in [-0.2, 0) is 16.6 Å². The van der Waals surface area contributed by atoms with Crippen molar-refractivity contribution in [2.45, 2.75) is 24.3 Å². The van der Waals surface area contributed by atoms with Crippen LogP contribution in [0.2, 0.25) is 0 Å². The fourth-order valence-corrected chi connectivity index (χ4v) is 6.41. The number of anilines is 1. The summed E-state index contributed by atoms with van der Waals surface area (Å²) in [5, 5.41) is 0.427. The Balaban J connectivity index is 1.48. The highest BCUT2D eigenvalue weighted by atomic mass is 32.2. The number of nitrogens with zero attached hydrogens (tertiary/aromatic N) is 4. The van der Waals surface area contributed by atoms with Gasteiger partial charge in [-0.2, -0.15) is 4.31 Å². The van der Waals surface area contributed by atoms with Crippen molar-refractivity contribution in [3.05, 3.63) is 83.9 Å². The molecule has 174 valence electrons. The average Bonchev–Trinajstić information content (AvgIpc) is 3.53. The van der Waals surface area contributed by atoms with Gasteiger partial charge in [0.05, 0.1) is 21.7 Å². The lowest BCUT2D eigenvalue weighted by atomic mass is 10.2. The summed E-state index contributed by atoms with van der Waals surface area (Å²) in [6, 6.07) is 13.9. The Morgan fingerprint density at radius 3 is 2.44 bits per heavy atom. The molecule has 0 radical (unpaired) electrons. The van der Waals surface area contributed by atoms with Crippen molar-refractivity contribution in [2.24, 2.45) is 0 Å². The lowest BCUT2D eigenvalue weighted by Crippen LogP contribution is -2.30. The van der Waals surface area contributed by atoms with Crippen LogP contribution >= 0.6 is 11.3 Å². The van der Waals surface area contributed by atoms with E-state index in [9.17, 15) is 17.6 Å². The number of thiazole rings is 1. The van der Waals surface area contributed by atoms with Crippen molar-refractivity contribution < 1.29 is 17.6 Å². The van der Waals surface area contributed by atoms with Gasteiger partial charge in [0.25, 0.3) is 5.91 Å². The minimum Gasteiger partial charge on any atom is -0.279 e. The Morgan fingerprint density at radius 2 is 1.74 bits per heavy atom. The zero-order valence-corrected chi connectivity index (χ0v) is 19.7. The van der Waals surface area contributed by atoms with Crippen molar-refractivity contribution in [2.75, 3.05) is 18.0 Å². The first-order chi connectivity index (χ1) is 16.4. The summed E-state index contributed by atoms with van der Waals surface area (Å²) in [4.78, 5) is 23.8. The number of hydrogen-bond acceptors (Lipinski definition) is 6. The van der Waals surface area contributed by atoms with Crippen LogP contribution in [0.4, 0.5) is 9.52 Å². The van der Waals surface area contributed by atoms with Gasteiger partial charge in [0.1, 0.15) is 5.82 Å². The summed E-state index contributed by atoms with van der Waals surface area (Å²) in [7, 11) is -3.57. The number of aromatic nitrogens is 2. The number of hydrogen-bond donors (Lipinski definition) is 0. The van der Waals surface area contributed by atoms with Crippen LogP contribution < -0.4 is 4.90 Å². The predicted octanol–water partition coefficient (Wildman–Crippen LogP) is 4.46. The highest BCUT2D eigenvalue weighted by molar-refractivity contribution is 7.89. The third kappa shape index (κ3) is 4.44. The molecular formula is C24H21FN4O3S2. The SMILES string of the molecule is O=C(c1ccc(S(=O)(=O)N2CCCC2)cc1)N(Cc1ccncc1)c1nc2ccc(F)cc2s1. The molecule has 0 aliphatic carbocycles. The molecule has 0 N–H and O–H groups in total. The maximum absolute atomic E-state index is 13.7. The summed E-state index contributed by atoms with van der Waals surface area (Å²) in [6.45, 7) is 1.26. The molecule has 0 atom stereocenters. The maximum atomic E-state index is 13.7. The second kappa shape index (κ2) is 9.21. The van der Waals surface area contributed by atoms with Gasteiger partial charge < -0.3 is 0 Å². The topological polar surface area (TPSA) is 83.5 Å². The molecule has 2 aromatic heterocycles. The van der Waals surface area contributed by atoms with Gasteiger partial charge in [0.15, 0.2) is 5.13 Å². The molecule has 0 unspecified atom stereocenters. The summed E-state index contributed by atoms with van der Waals surface area (Å²) in [5.74, 6) is -0.703. The molecule has 0 saturated carbocycles. The van der Waals surface area contributed by atoms with Crippen LogP contribution in [0.5, 0.6) is 0 Å². The Labute approximate surface area is 200 Å². The Hall–Kier alpha value is -3.21. The van der Waals surface area contributed by atoms with Crippen LogP contribution in [0.25, 0.3) is 10.2 Å². The molecule has 1 fully saturated rings. The molecule has 7 nitrogen and oxygen atoms in total. The molecule has 1 aliphatic heterocycles. The normalized spacial score (nSPS) is 14.5. The summed E-state index contributed by atoms with van der Waals surface area (Å²) in [6.07, 6.45) is 4.99. The van der Waals surface area contributed by atoms with Crippen LogP contribution in [-0.4, -0.2) is 41.7 Å². The monoisotopic (exact) mass is 496 g/mol. The van der Waals surface area contributed by atoms with Crippen molar-refractivity contribution in [1.29, 1.82) is 0 Å². The first kappa shape index (κ1) is 22.6. The number of benzene rings is 2. The maximum Gasteiger partial charge on any atom is 0.260 e. The second-order valence-electron chi connectivity index (χ2n) is 7.99. The number of fused-ring (bicyclic) bond motifs is 1. The van der Waals surface area contributed by atoms with E-state index in [-0.39, 0.29) is 23.2 Å². The summed E-state index contributed by atoms with van der Waals surface area (Å²) < 4.78 is 41.5. The zero-order valence-electron chi connectivity index (χ0n) is 18.1. The third-order valence-electron chi connectivity index (χ3n) is 5.71. The summed E-state index contributed by atoms with van der Waals surface area (Å²) >= 11 is 1.22. The standard InChI is InChI=1S/C24H21FN4O3S2/c25-19-5-8-21-22(15-19)33-24(27-21)29(16-17-9-11-26-12-10-17)23(30)18-3-6-20(7-4-18)34(31,32)28-13-1-2-14-28/h3-12,15H,1-2,13-14,16H2. The van der Waals surface area contributed by atoms with E-state index in [1.54, 1.807) is 30.6 Å². The highest BCUT2D eigenvalue weighted by Gasteiger charge is 2.28. The largest absolute Gasteiger partial charge is 0.279 e. The van der Waals surface area contributed by atoms with E-state index in [2.05, 4.69) is 9.97 Å². The van der Waals surface area contributed by atoms with Crippen LogP contribution in [0.1, 0.15) is 28.8 Å². The molecule has 3 heterocycles. The molecule has 0 spiro atoms. The van der Waals surface area contributed by atoms with Gasteiger partial charge in [0.2, 0.25) is 10.0 Å². The Kier molecular flexibility index (Phi) is 6.11. The van der Waals surface area contributed by atoms with Gasteiger partial charge in [-0.25, -0.2) is 17.8 Å².